The van der Waals surface area contributed by atoms with Gasteiger partial charge in [-0.15, -0.1) is 0 Å². The number of hydrogen-bond donors (Lipinski definition) is 1. The maximum absolute atomic E-state index is 5.55. The highest BCUT2D eigenvalue weighted by molar-refractivity contribution is 5.33. The molecule has 4 heteroatoms. The summed E-state index contributed by atoms with van der Waals surface area (Å²) >= 11 is 0. The van der Waals surface area contributed by atoms with Crippen molar-refractivity contribution in [1.29, 1.82) is 0 Å². The van der Waals surface area contributed by atoms with Crippen LogP contribution in [0.1, 0.15) is 18.9 Å². The molecule has 4 nitrogen and oxygen atoms in total. The molecule has 3 rings (SSSR count). The van der Waals surface area contributed by atoms with Gasteiger partial charge in [0.25, 0.3) is 0 Å². The van der Waals surface area contributed by atoms with Gasteiger partial charge in [0.05, 0.1) is 11.8 Å². The predicted molar refractivity (Wildman–Crippen MR) is 74.2 cm³/mol. The lowest BCUT2D eigenvalue weighted by Gasteiger charge is -2.16. The molecule has 2 aromatic rings. The molecule has 0 radical (unpaired) electrons. The molecule has 1 aliphatic heterocycles. The zero-order valence-electron chi connectivity index (χ0n) is 11.1. The van der Waals surface area contributed by atoms with Gasteiger partial charge in [-0.3, -0.25) is 0 Å². The first-order valence-corrected chi connectivity index (χ1v) is 6.77. The van der Waals surface area contributed by atoms with E-state index in [1.807, 2.05) is 16.9 Å². The summed E-state index contributed by atoms with van der Waals surface area (Å²) in [4.78, 5) is 0. The summed E-state index contributed by atoms with van der Waals surface area (Å²) in [6.07, 6.45) is 5.16. The van der Waals surface area contributed by atoms with Crippen LogP contribution in [0.15, 0.2) is 42.7 Å². The summed E-state index contributed by atoms with van der Waals surface area (Å²) in [6, 6.07) is 10.9. The Bertz CT molecular complexity index is 507. The highest BCUT2D eigenvalue weighted by Crippen LogP contribution is 2.14. The zero-order valence-corrected chi connectivity index (χ0v) is 11.1. The molecule has 0 bridgehead atoms. The van der Waals surface area contributed by atoms with Gasteiger partial charge in [0.1, 0.15) is 0 Å². The van der Waals surface area contributed by atoms with Crippen molar-refractivity contribution in [3.63, 3.8) is 0 Å². The number of rotatable bonds is 4. The summed E-state index contributed by atoms with van der Waals surface area (Å²) in [5, 5.41) is 7.77. The molecule has 1 saturated heterocycles. The fourth-order valence-electron chi connectivity index (χ4n) is 2.44. The van der Waals surface area contributed by atoms with Crippen LogP contribution in [-0.4, -0.2) is 28.5 Å². The van der Waals surface area contributed by atoms with Crippen molar-refractivity contribution in [3.05, 3.63) is 48.3 Å². The highest BCUT2D eigenvalue weighted by Gasteiger charge is 2.23. The molecule has 0 saturated carbocycles. The lowest BCUT2D eigenvalue weighted by atomic mass is 10.1. The normalized spacial score (nSPS) is 22.8. The van der Waals surface area contributed by atoms with E-state index in [9.17, 15) is 0 Å². The third kappa shape index (κ3) is 2.85. The summed E-state index contributed by atoms with van der Waals surface area (Å²) in [7, 11) is 0. The minimum atomic E-state index is 0.323. The molecule has 2 atom stereocenters. The SMILES string of the molecule is CC1OCCC1NCc1ccc(-n2cccn2)cc1. The van der Waals surface area contributed by atoms with Crippen molar-refractivity contribution >= 4 is 0 Å². The van der Waals surface area contributed by atoms with Crippen LogP contribution in [0.3, 0.4) is 0 Å². The van der Waals surface area contributed by atoms with Crippen LogP contribution in [0.5, 0.6) is 0 Å². The van der Waals surface area contributed by atoms with Crippen molar-refractivity contribution in [2.45, 2.75) is 32.0 Å². The fraction of sp³-hybridized carbons (Fsp3) is 0.400. The van der Waals surface area contributed by atoms with Crippen molar-refractivity contribution in [1.82, 2.24) is 15.1 Å². The van der Waals surface area contributed by atoms with E-state index in [1.54, 1.807) is 6.20 Å². The first kappa shape index (κ1) is 12.4. The smallest absolute Gasteiger partial charge is 0.0700 e. The van der Waals surface area contributed by atoms with Gasteiger partial charge >= 0.3 is 0 Å². The van der Waals surface area contributed by atoms with Gasteiger partial charge < -0.3 is 10.1 Å². The van der Waals surface area contributed by atoms with E-state index in [-0.39, 0.29) is 0 Å². The number of aromatic nitrogens is 2. The standard InChI is InChI=1S/C15H19N3O/c1-12-15(7-10-19-12)16-11-13-3-5-14(6-4-13)18-9-2-8-17-18/h2-6,8-9,12,15-16H,7,10-11H2,1H3. The molecule has 0 spiro atoms. The number of nitrogens with one attached hydrogen (secondary N) is 1. The van der Waals surface area contributed by atoms with Gasteiger partial charge in [-0.25, -0.2) is 4.68 Å². The van der Waals surface area contributed by atoms with Crippen LogP contribution < -0.4 is 5.32 Å². The maximum atomic E-state index is 5.55. The van der Waals surface area contributed by atoms with Crippen LogP contribution in [0, 0.1) is 0 Å². The fourth-order valence-corrected chi connectivity index (χ4v) is 2.44. The van der Waals surface area contributed by atoms with E-state index in [4.69, 9.17) is 4.74 Å². The second-order valence-electron chi connectivity index (χ2n) is 4.97. The Hall–Kier alpha value is -1.65. The number of ether oxygens (including phenoxy) is 1. The molecule has 1 aromatic carbocycles. The second-order valence-corrected chi connectivity index (χ2v) is 4.97. The lowest BCUT2D eigenvalue weighted by molar-refractivity contribution is 0.113. The minimum absolute atomic E-state index is 0.323. The molecule has 2 heterocycles. The molecular formula is C15H19N3O. The monoisotopic (exact) mass is 257 g/mol. The summed E-state index contributed by atoms with van der Waals surface area (Å²) in [5.74, 6) is 0. The number of nitrogens with zero attached hydrogens (tertiary/aromatic N) is 2. The van der Waals surface area contributed by atoms with E-state index in [2.05, 4.69) is 41.6 Å². The third-order valence-electron chi connectivity index (χ3n) is 3.65. The molecular weight excluding hydrogens is 238 g/mol. The maximum Gasteiger partial charge on any atom is 0.0700 e. The minimum Gasteiger partial charge on any atom is -0.377 e. The Morgan fingerprint density at radius 2 is 2.21 bits per heavy atom. The number of benzene rings is 1. The van der Waals surface area contributed by atoms with Gasteiger partial charge in [0, 0.05) is 31.6 Å². The summed E-state index contributed by atoms with van der Waals surface area (Å²) in [6.45, 7) is 3.89. The van der Waals surface area contributed by atoms with Crippen molar-refractivity contribution in [3.8, 4) is 5.69 Å². The van der Waals surface area contributed by atoms with Gasteiger partial charge in [-0.1, -0.05) is 12.1 Å². The zero-order chi connectivity index (χ0) is 13.1. The van der Waals surface area contributed by atoms with Crippen LogP contribution in [-0.2, 0) is 11.3 Å². The molecule has 100 valence electrons. The van der Waals surface area contributed by atoms with Crippen LogP contribution in [0.25, 0.3) is 5.69 Å². The molecule has 0 aliphatic carbocycles. The summed E-state index contributed by atoms with van der Waals surface area (Å²) in [5.41, 5.74) is 2.38. The molecule has 1 N–H and O–H groups in total. The first-order valence-electron chi connectivity index (χ1n) is 6.77. The van der Waals surface area contributed by atoms with Crippen molar-refractivity contribution in [2.24, 2.45) is 0 Å². The Balaban J connectivity index is 1.60. The third-order valence-corrected chi connectivity index (χ3v) is 3.65. The Labute approximate surface area is 113 Å². The van der Waals surface area contributed by atoms with Gasteiger partial charge in [0.2, 0.25) is 0 Å². The molecule has 1 aromatic heterocycles. The van der Waals surface area contributed by atoms with Gasteiger partial charge in [-0.2, -0.15) is 5.10 Å². The van der Waals surface area contributed by atoms with Gasteiger partial charge in [-0.05, 0) is 37.1 Å². The Kier molecular flexibility index (Phi) is 3.62. The molecule has 1 fully saturated rings. The average Bonchev–Trinajstić information content (AvgIpc) is 3.09. The van der Waals surface area contributed by atoms with Gasteiger partial charge in [0.15, 0.2) is 0 Å². The largest absolute Gasteiger partial charge is 0.377 e. The second kappa shape index (κ2) is 5.55. The van der Waals surface area contributed by atoms with E-state index in [0.717, 1.165) is 25.3 Å². The van der Waals surface area contributed by atoms with Crippen molar-refractivity contribution in [2.75, 3.05) is 6.61 Å². The predicted octanol–water partition coefficient (Wildman–Crippen LogP) is 2.14. The number of hydrogen-bond acceptors (Lipinski definition) is 3. The average molecular weight is 257 g/mol. The van der Waals surface area contributed by atoms with Crippen LogP contribution >= 0.6 is 0 Å². The molecule has 0 amide bonds. The molecule has 1 aliphatic rings. The highest BCUT2D eigenvalue weighted by atomic mass is 16.5. The topological polar surface area (TPSA) is 39.1 Å². The molecule has 19 heavy (non-hydrogen) atoms. The Morgan fingerprint density at radius 1 is 1.37 bits per heavy atom. The molecule has 2 unspecified atom stereocenters. The van der Waals surface area contributed by atoms with E-state index in [0.29, 0.717) is 12.1 Å². The van der Waals surface area contributed by atoms with E-state index < -0.39 is 0 Å². The quantitative estimate of drug-likeness (QED) is 0.912. The van der Waals surface area contributed by atoms with Crippen LogP contribution in [0.2, 0.25) is 0 Å². The van der Waals surface area contributed by atoms with Crippen molar-refractivity contribution < 1.29 is 4.74 Å². The van der Waals surface area contributed by atoms with E-state index in [1.165, 1.54) is 5.56 Å². The Morgan fingerprint density at radius 3 is 2.84 bits per heavy atom. The van der Waals surface area contributed by atoms with E-state index >= 15 is 0 Å². The van der Waals surface area contributed by atoms with Crippen LogP contribution in [0.4, 0.5) is 0 Å². The first-order chi connectivity index (χ1) is 9.33. The lowest BCUT2D eigenvalue weighted by Crippen LogP contribution is -2.34. The summed E-state index contributed by atoms with van der Waals surface area (Å²) < 4.78 is 7.41.